The van der Waals surface area contributed by atoms with Crippen LogP contribution in [-0.4, -0.2) is 12.9 Å². The van der Waals surface area contributed by atoms with Gasteiger partial charge in [0, 0.05) is 29.9 Å². The first kappa shape index (κ1) is 14.4. The van der Waals surface area contributed by atoms with Crippen molar-refractivity contribution in [1.82, 2.24) is 0 Å². The van der Waals surface area contributed by atoms with Crippen molar-refractivity contribution in [3.63, 3.8) is 0 Å². The molecule has 0 bridgehead atoms. The van der Waals surface area contributed by atoms with Gasteiger partial charge < -0.3 is 10.6 Å². The number of nitrogens with one attached hydrogen (secondary N) is 1. The van der Waals surface area contributed by atoms with Crippen LogP contribution in [0.3, 0.4) is 0 Å². The Labute approximate surface area is 124 Å². The van der Waals surface area contributed by atoms with Gasteiger partial charge in [-0.3, -0.25) is 5.41 Å². The summed E-state index contributed by atoms with van der Waals surface area (Å²) in [5.41, 5.74) is 9.50. The normalized spacial score (nSPS) is 10.3. The highest BCUT2D eigenvalue weighted by atomic mass is 35.5. The van der Waals surface area contributed by atoms with Gasteiger partial charge in [-0.25, -0.2) is 0 Å². The van der Waals surface area contributed by atoms with Crippen LogP contribution in [-0.2, 0) is 6.54 Å². The van der Waals surface area contributed by atoms with Gasteiger partial charge in [0.2, 0.25) is 0 Å². The second-order valence-electron chi connectivity index (χ2n) is 4.91. The van der Waals surface area contributed by atoms with Gasteiger partial charge in [-0.05, 0) is 30.7 Å². The van der Waals surface area contributed by atoms with Gasteiger partial charge in [0.15, 0.2) is 0 Å². The summed E-state index contributed by atoms with van der Waals surface area (Å²) in [4.78, 5) is 2.13. The second-order valence-corrected chi connectivity index (χ2v) is 5.32. The van der Waals surface area contributed by atoms with E-state index in [1.807, 2.05) is 19.2 Å². The summed E-state index contributed by atoms with van der Waals surface area (Å²) in [5.74, 6) is 0.0327. The first-order valence-corrected chi connectivity index (χ1v) is 6.76. The van der Waals surface area contributed by atoms with Crippen LogP contribution in [0.5, 0.6) is 0 Å². The van der Waals surface area contributed by atoms with Crippen LogP contribution in [0.2, 0.25) is 5.02 Å². The first-order valence-electron chi connectivity index (χ1n) is 6.38. The molecule has 2 aromatic carbocycles. The summed E-state index contributed by atoms with van der Waals surface area (Å²) in [6, 6.07) is 13.8. The average molecular weight is 288 g/mol. The molecule has 0 aromatic heterocycles. The van der Waals surface area contributed by atoms with E-state index in [1.54, 1.807) is 6.07 Å². The summed E-state index contributed by atoms with van der Waals surface area (Å²) < 4.78 is 0. The molecule has 0 aliphatic heterocycles. The fraction of sp³-hybridized carbons (Fsp3) is 0.188. The fourth-order valence-corrected chi connectivity index (χ4v) is 2.23. The zero-order valence-electron chi connectivity index (χ0n) is 11.7. The Bertz CT molecular complexity index is 620. The van der Waals surface area contributed by atoms with Crippen molar-refractivity contribution in [3.8, 4) is 0 Å². The summed E-state index contributed by atoms with van der Waals surface area (Å²) >= 11 is 6.25. The maximum Gasteiger partial charge on any atom is 0.122 e. The molecule has 3 nitrogen and oxygen atoms in total. The topological polar surface area (TPSA) is 53.1 Å². The van der Waals surface area contributed by atoms with Gasteiger partial charge in [-0.1, -0.05) is 41.4 Å². The predicted octanol–water partition coefficient (Wildman–Crippen LogP) is 3.57. The van der Waals surface area contributed by atoms with Crippen LogP contribution in [0, 0.1) is 12.3 Å². The Hall–Kier alpha value is -2.00. The number of nitrogen functional groups attached to an aromatic ring is 1. The molecule has 0 saturated carbocycles. The van der Waals surface area contributed by atoms with Gasteiger partial charge >= 0.3 is 0 Å². The van der Waals surface area contributed by atoms with Crippen molar-refractivity contribution in [2.45, 2.75) is 13.5 Å². The highest BCUT2D eigenvalue weighted by Gasteiger charge is 2.07. The number of anilines is 1. The molecule has 2 aromatic rings. The molecule has 0 saturated heterocycles. The van der Waals surface area contributed by atoms with E-state index in [1.165, 1.54) is 5.56 Å². The van der Waals surface area contributed by atoms with Crippen LogP contribution in [0.15, 0.2) is 42.5 Å². The Morgan fingerprint density at radius 1 is 1.20 bits per heavy atom. The summed E-state index contributed by atoms with van der Waals surface area (Å²) in [6.07, 6.45) is 0. The van der Waals surface area contributed by atoms with Crippen molar-refractivity contribution in [2.75, 3.05) is 11.9 Å². The number of amidine groups is 1. The number of hydrogen-bond donors (Lipinski definition) is 2. The third-order valence-electron chi connectivity index (χ3n) is 3.25. The number of rotatable bonds is 4. The first-order chi connectivity index (χ1) is 9.47. The lowest BCUT2D eigenvalue weighted by molar-refractivity contribution is 0.923. The Morgan fingerprint density at radius 3 is 2.40 bits per heavy atom. The zero-order chi connectivity index (χ0) is 14.7. The molecule has 20 heavy (non-hydrogen) atoms. The fourth-order valence-electron chi connectivity index (χ4n) is 1.99. The number of nitrogens with two attached hydrogens (primary N) is 1. The van der Waals surface area contributed by atoms with Gasteiger partial charge in [-0.15, -0.1) is 0 Å². The van der Waals surface area contributed by atoms with E-state index in [9.17, 15) is 0 Å². The van der Waals surface area contributed by atoms with E-state index >= 15 is 0 Å². The molecule has 2 rings (SSSR count). The smallest absolute Gasteiger partial charge is 0.122 e. The molecule has 0 spiro atoms. The van der Waals surface area contributed by atoms with Crippen LogP contribution in [0.4, 0.5) is 5.69 Å². The molecular formula is C16H18ClN3. The minimum atomic E-state index is 0.0327. The summed E-state index contributed by atoms with van der Waals surface area (Å²) in [7, 11) is 2.03. The molecule has 0 radical (unpaired) electrons. The van der Waals surface area contributed by atoms with Gasteiger partial charge in [0.1, 0.15) is 5.84 Å². The third kappa shape index (κ3) is 3.31. The molecule has 0 aliphatic carbocycles. The average Bonchev–Trinajstić information content (AvgIpc) is 2.41. The van der Waals surface area contributed by atoms with E-state index < -0.39 is 0 Å². The van der Waals surface area contributed by atoms with Gasteiger partial charge in [0.25, 0.3) is 0 Å². The van der Waals surface area contributed by atoms with Crippen molar-refractivity contribution >= 4 is 23.1 Å². The Balaban J connectivity index is 2.17. The van der Waals surface area contributed by atoms with Crippen LogP contribution >= 0.6 is 11.6 Å². The number of nitrogens with zero attached hydrogens (tertiary/aromatic N) is 1. The van der Waals surface area contributed by atoms with Crippen molar-refractivity contribution in [1.29, 1.82) is 5.41 Å². The van der Waals surface area contributed by atoms with Gasteiger partial charge in [0.05, 0.1) is 0 Å². The summed E-state index contributed by atoms with van der Waals surface area (Å²) in [6.45, 7) is 2.78. The van der Waals surface area contributed by atoms with Gasteiger partial charge in [-0.2, -0.15) is 0 Å². The minimum absolute atomic E-state index is 0.0327. The maximum absolute atomic E-state index is 7.41. The predicted molar refractivity (Wildman–Crippen MR) is 85.8 cm³/mol. The second kappa shape index (κ2) is 5.97. The lowest BCUT2D eigenvalue weighted by Crippen LogP contribution is -2.17. The van der Waals surface area contributed by atoms with E-state index in [4.69, 9.17) is 22.7 Å². The van der Waals surface area contributed by atoms with Crippen molar-refractivity contribution in [3.05, 3.63) is 64.2 Å². The minimum Gasteiger partial charge on any atom is -0.384 e. The van der Waals surface area contributed by atoms with Crippen molar-refractivity contribution < 1.29 is 0 Å². The van der Waals surface area contributed by atoms with Crippen LogP contribution < -0.4 is 10.6 Å². The van der Waals surface area contributed by atoms with E-state index in [0.29, 0.717) is 17.1 Å². The number of benzene rings is 2. The lowest BCUT2D eigenvalue weighted by Gasteiger charge is -2.20. The zero-order valence-corrected chi connectivity index (χ0v) is 12.4. The van der Waals surface area contributed by atoms with Crippen LogP contribution in [0.25, 0.3) is 0 Å². The number of halogens is 1. The largest absolute Gasteiger partial charge is 0.384 e. The molecule has 104 valence electrons. The Morgan fingerprint density at radius 2 is 1.85 bits per heavy atom. The molecular weight excluding hydrogens is 270 g/mol. The number of aryl methyl sites for hydroxylation is 1. The van der Waals surface area contributed by atoms with Crippen LogP contribution in [0.1, 0.15) is 16.7 Å². The quantitative estimate of drug-likeness (QED) is 0.667. The molecule has 0 heterocycles. The maximum atomic E-state index is 7.41. The lowest BCUT2D eigenvalue weighted by atomic mass is 10.1. The molecule has 0 amide bonds. The molecule has 3 N–H and O–H groups in total. The highest BCUT2D eigenvalue weighted by Crippen LogP contribution is 2.22. The molecule has 0 fully saturated rings. The molecule has 4 heteroatoms. The molecule has 0 aliphatic rings. The summed E-state index contributed by atoms with van der Waals surface area (Å²) in [5, 5.41) is 8.04. The van der Waals surface area contributed by atoms with E-state index in [2.05, 4.69) is 36.1 Å². The van der Waals surface area contributed by atoms with E-state index in [0.717, 1.165) is 11.3 Å². The Kier molecular flexibility index (Phi) is 4.30. The third-order valence-corrected chi connectivity index (χ3v) is 3.60. The number of hydrogen-bond acceptors (Lipinski definition) is 2. The SMILES string of the molecule is Cc1ccc(N(C)Cc2ccc(C(=N)N)cc2Cl)cc1. The molecule has 0 atom stereocenters. The van der Waals surface area contributed by atoms with Crippen molar-refractivity contribution in [2.24, 2.45) is 5.73 Å². The standard InChI is InChI=1S/C16H18ClN3/c1-11-3-7-14(8-4-11)20(2)10-13-6-5-12(16(18)19)9-15(13)17/h3-9H,10H2,1-2H3,(H3,18,19). The molecule has 0 unspecified atom stereocenters. The monoisotopic (exact) mass is 287 g/mol. The van der Waals surface area contributed by atoms with E-state index in [-0.39, 0.29) is 5.84 Å². The highest BCUT2D eigenvalue weighted by molar-refractivity contribution is 6.31.